The lowest BCUT2D eigenvalue weighted by Gasteiger charge is -1.96. The highest BCUT2D eigenvalue weighted by Crippen LogP contribution is 2.04. The minimum atomic E-state index is -1.02. The fourth-order valence-corrected chi connectivity index (χ4v) is 1.20. The van der Waals surface area contributed by atoms with E-state index >= 15 is 0 Å². The molecule has 0 aliphatic carbocycles. The zero-order valence-corrected chi connectivity index (χ0v) is 8.55. The van der Waals surface area contributed by atoms with E-state index in [9.17, 15) is 9.90 Å². The molecule has 76 valence electrons. The van der Waals surface area contributed by atoms with Gasteiger partial charge >= 0.3 is 0 Å². The Hall–Kier alpha value is -0.500. The van der Waals surface area contributed by atoms with Crippen LogP contribution < -0.4 is 5.11 Å². The first-order valence-electron chi connectivity index (χ1n) is 4.68. The maximum atomic E-state index is 10.00. The van der Waals surface area contributed by atoms with E-state index in [1.54, 1.807) is 6.08 Å². The first-order valence-corrected chi connectivity index (χ1v) is 5.21. The van der Waals surface area contributed by atoms with Crippen LogP contribution in [0.4, 0.5) is 0 Å². The van der Waals surface area contributed by atoms with Gasteiger partial charge in [-0.25, -0.2) is 0 Å². The van der Waals surface area contributed by atoms with Gasteiger partial charge in [0.15, 0.2) is 0 Å². The van der Waals surface area contributed by atoms with E-state index in [1.165, 1.54) is 6.42 Å². The van der Waals surface area contributed by atoms with Crippen LogP contribution in [0.25, 0.3) is 0 Å². The van der Waals surface area contributed by atoms with Crippen LogP contribution in [-0.2, 0) is 4.79 Å². The number of carboxylic acid groups (broad SMARTS) is 1. The number of aliphatic carboxylic acids is 1. The molecule has 0 aromatic heterocycles. The third kappa shape index (κ3) is 11.5. The molecule has 0 radical (unpaired) electrons. The summed E-state index contributed by atoms with van der Waals surface area (Å²) in [5, 5.41) is 10.00. The van der Waals surface area contributed by atoms with Crippen LogP contribution >= 0.6 is 11.6 Å². The molecule has 0 aliphatic heterocycles. The van der Waals surface area contributed by atoms with Gasteiger partial charge in [-0.3, -0.25) is 0 Å². The number of unbranched alkanes of at least 4 members (excludes halogenated alkanes) is 4. The summed E-state index contributed by atoms with van der Waals surface area (Å²) in [4.78, 5) is 10.00. The van der Waals surface area contributed by atoms with E-state index in [4.69, 9.17) is 11.6 Å². The zero-order chi connectivity index (χ0) is 9.94. The smallest absolute Gasteiger partial charge is 0.0452 e. The summed E-state index contributed by atoms with van der Waals surface area (Å²) in [6.45, 7) is 0. The number of carbonyl (C=O) groups excluding carboxylic acids is 1. The van der Waals surface area contributed by atoms with E-state index in [1.807, 2.05) is 6.08 Å². The van der Waals surface area contributed by atoms with Crippen molar-refractivity contribution in [1.29, 1.82) is 0 Å². The minimum absolute atomic E-state index is 0.0294. The normalized spacial score (nSPS) is 10.8. The highest BCUT2D eigenvalue weighted by atomic mass is 35.5. The van der Waals surface area contributed by atoms with Crippen LogP contribution in [0.15, 0.2) is 12.2 Å². The Balaban J connectivity index is 3.06. The molecule has 0 aliphatic rings. The molecule has 0 heterocycles. The predicted octanol–water partition coefficient (Wildman–Crippen LogP) is 1.87. The summed E-state index contributed by atoms with van der Waals surface area (Å²) in [6.07, 6.45) is 9.05. The Morgan fingerprint density at radius 2 is 1.85 bits per heavy atom. The van der Waals surface area contributed by atoms with Crippen LogP contribution in [0.2, 0.25) is 0 Å². The number of halogens is 1. The molecule has 0 rings (SSSR count). The number of rotatable bonds is 8. The van der Waals surface area contributed by atoms with Crippen molar-refractivity contribution in [3.8, 4) is 0 Å². The quantitative estimate of drug-likeness (QED) is 0.343. The Labute approximate surface area is 84.6 Å². The van der Waals surface area contributed by atoms with Crippen LogP contribution in [-0.4, -0.2) is 11.8 Å². The Morgan fingerprint density at radius 1 is 1.15 bits per heavy atom. The standard InChI is InChI=1S/C10H17ClO2/c11-9-7-5-3-1-2-4-6-8-10(12)13/h4,6H,1-3,5,7-9H2,(H,12,13)/p-1/b6-4+. The van der Waals surface area contributed by atoms with Crippen molar-refractivity contribution in [2.45, 2.75) is 38.5 Å². The van der Waals surface area contributed by atoms with E-state index in [0.717, 1.165) is 31.6 Å². The van der Waals surface area contributed by atoms with Crippen molar-refractivity contribution >= 4 is 17.6 Å². The van der Waals surface area contributed by atoms with Crippen molar-refractivity contribution < 1.29 is 9.90 Å². The third-order valence-electron chi connectivity index (χ3n) is 1.71. The van der Waals surface area contributed by atoms with E-state index in [-0.39, 0.29) is 6.42 Å². The third-order valence-corrected chi connectivity index (χ3v) is 1.97. The highest BCUT2D eigenvalue weighted by molar-refractivity contribution is 6.17. The summed E-state index contributed by atoms with van der Waals surface area (Å²) >= 11 is 5.51. The van der Waals surface area contributed by atoms with Gasteiger partial charge in [0.25, 0.3) is 0 Å². The topological polar surface area (TPSA) is 40.1 Å². The molecule has 13 heavy (non-hydrogen) atoms. The molecule has 0 saturated heterocycles. The molecule has 0 bridgehead atoms. The van der Waals surface area contributed by atoms with Gasteiger partial charge in [0.2, 0.25) is 0 Å². The lowest BCUT2D eigenvalue weighted by molar-refractivity contribution is -0.304. The SMILES string of the molecule is O=C([O-])C/C=C/CCCCCCCl. The Bertz CT molecular complexity index is 155. The van der Waals surface area contributed by atoms with Crippen molar-refractivity contribution in [3.05, 3.63) is 12.2 Å². The number of hydrogen-bond donors (Lipinski definition) is 0. The molecule has 0 spiro atoms. The van der Waals surface area contributed by atoms with Crippen LogP contribution in [0, 0.1) is 0 Å². The molecule has 3 heteroatoms. The van der Waals surface area contributed by atoms with Gasteiger partial charge in [0.1, 0.15) is 0 Å². The number of carbonyl (C=O) groups is 1. The molecule has 0 aromatic carbocycles. The number of hydrogen-bond acceptors (Lipinski definition) is 2. The first kappa shape index (κ1) is 12.5. The maximum absolute atomic E-state index is 10.00. The van der Waals surface area contributed by atoms with Gasteiger partial charge < -0.3 is 9.90 Å². The molecular weight excluding hydrogens is 188 g/mol. The number of alkyl halides is 1. The van der Waals surface area contributed by atoms with Gasteiger partial charge in [-0.2, -0.15) is 0 Å². The molecule has 0 amide bonds. The fourth-order valence-electron chi connectivity index (χ4n) is 1.01. The largest absolute Gasteiger partial charge is 0.550 e. The van der Waals surface area contributed by atoms with Gasteiger partial charge in [-0.05, 0) is 19.3 Å². The molecule has 0 aromatic rings. The lowest BCUT2D eigenvalue weighted by atomic mass is 10.1. The van der Waals surface area contributed by atoms with Gasteiger partial charge in [-0.1, -0.05) is 25.0 Å². The minimum Gasteiger partial charge on any atom is -0.550 e. The maximum Gasteiger partial charge on any atom is 0.0452 e. The van der Waals surface area contributed by atoms with Gasteiger partial charge in [0.05, 0.1) is 0 Å². The van der Waals surface area contributed by atoms with Crippen molar-refractivity contribution in [1.82, 2.24) is 0 Å². The van der Waals surface area contributed by atoms with Gasteiger partial charge in [0, 0.05) is 18.3 Å². The van der Waals surface area contributed by atoms with Crippen molar-refractivity contribution in [2.24, 2.45) is 0 Å². The summed E-state index contributed by atoms with van der Waals surface area (Å²) in [5.74, 6) is -0.279. The van der Waals surface area contributed by atoms with E-state index in [0.29, 0.717) is 0 Å². The van der Waals surface area contributed by atoms with Crippen LogP contribution in [0.5, 0.6) is 0 Å². The number of allylic oxidation sites excluding steroid dienone is 1. The summed E-state index contributed by atoms with van der Waals surface area (Å²) in [6, 6.07) is 0. The lowest BCUT2D eigenvalue weighted by Crippen LogP contribution is -2.20. The summed E-state index contributed by atoms with van der Waals surface area (Å²) in [5.41, 5.74) is 0. The molecule has 0 fully saturated rings. The molecule has 0 atom stereocenters. The summed E-state index contributed by atoms with van der Waals surface area (Å²) < 4.78 is 0. The molecule has 0 saturated carbocycles. The van der Waals surface area contributed by atoms with Crippen molar-refractivity contribution in [2.75, 3.05) is 5.88 Å². The van der Waals surface area contributed by atoms with Gasteiger partial charge in [-0.15, -0.1) is 11.6 Å². The van der Waals surface area contributed by atoms with Crippen molar-refractivity contribution in [3.63, 3.8) is 0 Å². The second-order valence-electron chi connectivity index (χ2n) is 2.94. The fraction of sp³-hybridized carbons (Fsp3) is 0.700. The average molecular weight is 204 g/mol. The van der Waals surface area contributed by atoms with E-state index < -0.39 is 5.97 Å². The Kier molecular flexibility index (Phi) is 9.22. The van der Waals surface area contributed by atoms with Crippen LogP contribution in [0.1, 0.15) is 38.5 Å². The van der Waals surface area contributed by atoms with Crippen LogP contribution in [0.3, 0.4) is 0 Å². The van der Waals surface area contributed by atoms with E-state index in [2.05, 4.69) is 0 Å². The second-order valence-corrected chi connectivity index (χ2v) is 3.32. The first-order chi connectivity index (χ1) is 6.27. The summed E-state index contributed by atoms with van der Waals surface area (Å²) in [7, 11) is 0. The average Bonchev–Trinajstić information content (AvgIpc) is 2.09. The Morgan fingerprint density at radius 3 is 2.46 bits per heavy atom. The molecule has 0 N–H and O–H groups in total. The highest BCUT2D eigenvalue weighted by Gasteiger charge is 1.86. The second kappa shape index (κ2) is 9.59. The zero-order valence-electron chi connectivity index (χ0n) is 7.80. The molecule has 0 unspecified atom stereocenters. The predicted molar refractivity (Wildman–Crippen MR) is 52.6 cm³/mol. The molecular formula is C10H16ClO2-. The number of carboxylic acids is 1. The monoisotopic (exact) mass is 203 g/mol. The molecule has 2 nitrogen and oxygen atoms in total.